The van der Waals surface area contributed by atoms with E-state index in [2.05, 4.69) is 13.8 Å². The molecule has 0 atom stereocenters. The Labute approximate surface area is 102 Å². The molecule has 1 aliphatic heterocycles. The molecule has 1 heterocycles. The summed E-state index contributed by atoms with van der Waals surface area (Å²) >= 11 is 0. The van der Waals surface area contributed by atoms with E-state index >= 15 is 0 Å². The standard InChI is InChI=1S/C14H18O3/c1-13(2)11-7-10(16-5)6-9(8-15)12(11)17-14(13,3)4/h6-8H,1-5H3. The molecule has 0 fully saturated rings. The number of carbonyl (C=O) groups is 1. The molecule has 0 aromatic heterocycles. The minimum atomic E-state index is -0.334. The maximum atomic E-state index is 11.1. The second-order valence-corrected chi connectivity index (χ2v) is 5.45. The van der Waals surface area contributed by atoms with Crippen LogP contribution in [0.1, 0.15) is 43.6 Å². The van der Waals surface area contributed by atoms with Gasteiger partial charge in [-0.2, -0.15) is 0 Å². The summed E-state index contributed by atoms with van der Waals surface area (Å²) in [5.41, 5.74) is 1.09. The summed E-state index contributed by atoms with van der Waals surface area (Å²) in [5, 5.41) is 0. The third-order valence-corrected chi connectivity index (χ3v) is 3.99. The summed E-state index contributed by atoms with van der Waals surface area (Å²) in [6.45, 7) is 8.31. The van der Waals surface area contributed by atoms with Gasteiger partial charge in [0.15, 0.2) is 6.29 Å². The number of ether oxygens (including phenoxy) is 2. The lowest BCUT2D eigenvalue weighted by molar-refractivity contribution is 0.0704. The molecule has 3 nitrogen and oxygen atoms in total. The van der Waals surface area contributed by atoms with Crippen molar-refractivity contribution in [2.45, 2.75) is 38.7 Å². The number of carbonyl (C=O) groups excluding carboxylic acids is 1. The van der Waals surface area contributed by atoms with E-state index in [1.165, 1.54) is 0 Å². The fourth-order valence-electron chi connectivity index (χ4n) is 2.11. The molecule has 0 bridgehead atoms. The summed E-state index contributed by atoms with van der Waals surface area (Å²) in [6, 6.07) is 3.67. The number of hydrogen-bond acceptors (Lipinski definition) is 3. The molecule has 0 N–H and O–H groups in total. The molecule has 1 aliphatic rings. The van der Waals surface area contributed by atoms with Crippen molar-refractivity contribution >= 4 is 6.29 Å². The Bertz CT molecular complexity index is 473. The molecular weight excluding hydrogens is 216 g/mol. The zero-order valence-electron chi connectivity index (χ0n) is 11.0. The van der Waals surface area contributed by atoms with Crippen LogP contribution in [0.15, 0.2) is 12.1 Å². The highest BCUT2D eigenvalue weighted by Gasteiger charge is 2.49. The van der Waals surface area contributed by atoms with Gasteiger partial charge >= 0.3 is 0 Å². The molecule has 1 aromatic carbocycles. The summed E-state index contributed by atoms with van der Waals surface area (Å²) in [7, 11) is 1.60. The highest BCUT2D eigenvalue weighted by atomic mass is 16.5. The van der Waals surface area contributed by atoms with Gasteiger partial charge in [-0.25, -0.2) is 0 Å². The Morgan fingerprint density at radius 1 is 1.24 bits per heavy atom. The van der Waals surface area contributed by atoms with Crippen molar-refractivity contribution in [3.05, 3.63) is 23.3 Å². The topological polar surface area (TPSA) is 35.5 Å². The van der Waals surface area contributed by atoms with Gasteiger partial charge in [-0.3, -0.25) is 4.79 Å². The smallest absolute Gasteiger partial charge is 0.153 e. The van der Waals surface area contributed by atoms with Gasteiger partial charge in [0.2, 0.25) is 0 Å². The predicted octanol–water partition coefficient (Wildman–Crippen LogP) is 2.96. The van der Waals surface area contributed by atoms with E-state index in [1.807, 2.05) is 19.9 Å². The second kappa shape index (κ2) is 3.49. The average Bonchev–Trinajstić information content (AvgIpc) is 2.45. The van der Waals surface area contributed by atoms with Crippen LogP contribution in [0.3, 0.4) is 0 Å². The molecule has 2 rings (SSSR count). The zero-order chi connectivity index (χ0) is 12.8. The van der Waals surface area contributed by atoms with E-state index in [-0.39, 0.29) is 11.0 Å². The van der Waals surface area contributed by atoms with Gasteiger partial charge in [0.1, 0.15) is 17.1 Å². The third kappa shape index (κ3) is 1.53. The minimum Gasteiger partial charge on any atom is -0.497 e. The van der Waals surface area contributed by atoms with Crippen LogP contribution < -0.4 is 9.47 Å². The van der Waals surface area contributed by atoms with Crippen molar-refractivity contribution < 1.29 is 14.3 Å². The summed E-state index contributed by atoms with van der Waals surface area (Å²) in [5.74, 6) is 1.39. The first kappa shape index (κ1) is 12.0. The van der Waals surface area contributed by atoms with Crippen LogP contribution >= 0.6 is 0 Å². The molecule has 3 heteroatoms. The maximum absolute atomic E-state index is 11.1. The molecule has 0 unspecified atom stereocenters. The third-order valence-electron chi connectivity index (χ3n) is 3.99. The van der Waals surface area contributed by atoms with E-state index in [0.717, 1.165) is 11.8 Å². The second-order valence-electron chi connectivity index (χ2n) is 5.45. The van der Waals surface area contributed by atoms with E-state index < -0.39 is 0 Å². The van der Waals surface area contributed by atoms with Crippen LogP contribution in [0.25, 0.3) is 0 Å². The largest absolute Gasteiger partial charge is 0.497 e. The van der Waals surface area contributed by atoms with Crippen LogP contribution in [0.4, 0.5) is 0 Å². The number of aldehydes is 1. The quantitative estimate of drug-likeness (QED) is 0.738. The van der Waals surface area contributed by atoms with E-state index in [0.29, 0.717) is 17.1 Å². The number of benzene rings is 1. The molecular formula is C14H18O3. The molecule has 0 amide bonds. The first-order valence-corrected chi connectivity index (χ1v) is 5.70. The van der Waals surface area contributed by atoms with Crippen molar-refractivity contribution in [2.75, 3.05) is 7.11 Å². The number of fused-ring (bicyclic) bond motifs is 1. The monoisotopic (exact) mass is 234 g/mol. The lowest BCUT2D eigenvalue weighted by Crippen LogP contribution is -2.42. The molecule has 1 aromatic rings. The van der Waals surface area contributed by atoms with Gasteiger partial charge in [-0.1, -0.05) is 13.8 Å². The van der Waals surface area contributed by atoms with Crippen molar-refractivity contribution in [1.82, 2.24) is 0 Å². The van der Waals surface area contributed by atoms with Gasteiger partial charge in [0.05, 0.1) is 12.7 Å². The van der Waals surface area contributed by atoms with Gasteiger partial charge in [-0.15, -0.1) is 0 Å². The van der Waals surface area contributed by atoms with E-state index in [1.54, 1.807) is 13.2 Å². The molecule has 0 aliphatic carbocycles. The number of rotatable bonds is 2. The fourth-order valence-corrected chi connectivity index (χ4v) is 2.11. The number of hydrogen-bond donors (Lipinski definition) is 0. The molecule has 0 saturated heterocycles. The predicted molar refractivity (Wildman–Crippen MR) is 66.1 cm³/mol. The first-order valence-electron chi connectivity index (χ1n) is 5.70. The van der Waals surface area contributed by atoms with Crippen molar-refractivity contribution in [3.8, 4) is 11.5 Å². The van der Waals surface area contributed by atoms with Gasteiger partial charge in [-0.05, 0) is 26.0 Å². The van der Waals surface area contributed by atoms with Gasteiger partial charge < -0.3 is 9.47 Å². The Morgan fingerprint density at radius 2 is 1.88 bits per heavy atom. The summed E-state index contributed by atoms with van der Waals surface area (Å²) in [6.07, 6.45) is 0.818. The lowest BCUT2D eigenvalue weighted by atomic mass is 9.73. The Kier molecular flexibility index (Phi) is 2.45. The lowest BCUT2D eigenvalue weighted by Gasteiger charge is -2.33. The fraction of sp³-hybridized carbons (Fsp3) is 0.500. The normalized spacial score (nSPS) is 19.4. The number of methoxy groups -OCH3 is 1. The SMILES string of the molecule is COc1cc(C=O)c2c(c1)C(C)(C)C(C)(C)O2. The summed E-state index contributed by atoms with van der Waals surface area (Å²) in [4.78, 5) is 11.1. The Morgan fingerprint density at radius 3 is 2.41 bits per heavy atom. The minimum absolute atomic E-state index is 0.158. The molecule has 0 radical (unpaired) electrons. The van der Waals surface area contributed by atoms with Crippen molar-refractivity contribution in [1.29, 1.82) is 0 Å². The highest BCUT2D eigenvalue weighted by molar-refractivity contribution is 5.82. The molecule has 0 spiro atoms. The van der Waals surface area contributed by atoms with Crippen LogP contribution in [-0.4, -0.2) is 19.0 Å². The van der Waals surface area contributed by atoms with E-state index in [4.69, 9.17) is 9.47 Å². The van der Waals surface area contributed by atoms with Crippen LogP contribution in [0.2, 0.25) is 0 Å². The first-order chi connectivity index (χ1) is 7.83. The Balaban J connectivity index is 2.70. The highest BCUT2D eigenvalue weighted by Crippen LogP contribution is 2.51. The molecule has 17 heavy (non-hydrogen) atoms. The van der Waals surface area contributed by atoms with Crippen molar-refractivity contribution in [2.24, 2.45) is 0 Å². The average molecular weight is 234 g/mol. The Hall–Kier alpha value is -1.51. The molecule has 0 saturated carbocycles. The van der Waals surface area contributed by atoms with Gasteiger partial charge in [0.25, 0.3) is 0 Å². The van der Waals surface area contributed by atoms with Crippen LogP contribution in [-0.2, 0) is 5.41 Å². The van der Waals surface area contributed by atoms with Crippen LogP contribution in [0, 0.1) is 0 Å². The van der Waals surface area contributed by atoms with E-state index in [9.17, 15) is 4.79 Å². The zero-order valence-corrected chi connectivity index (χ0v) is 11.0. The van der Waals surface area contributed by atoms with Crippen molar-refractivity contribution in [3.63, 3.8) is 0 Å². The van der Waals surface area contributed by atoms with Crippen LogP contribution in [0.5, 0.6) is 11.5 Å². The summed E-state index contributed by atoms with van der Waals surface area (Å²) < 4.78 is 11.2. The maximum Gasteiger partial charge on any atom is 0.153 e. The molecule has 92 valence electrons. The van der Waals surface area contributed by atoms with Gasteiger partial charge in [0, 0.05) is 11.0 Å².